The second-order valence-corrected chi connectivity index (χ2v) is 7.86. The molecule has 2 aromatic heterocycles. The molecule has 29 heavy (non-hydrogen) atoms. The number of hydrogen-bond acceptors (Lipinski definition) is 6. The molecule has 0 spiro atoms. The van der Waals surface area contributed by atoms with E-state index in [1.807, 2.05) is 39.8 Å². The molecule has 1 amide bonds. The van der Waals surface area contributed by atoms with Crippen LogP contribution in [0.25, 0.3) is 11.4 Å². The Balaban J connectivity index is 1.52. The fourth-order valence-electron chi connectivity index (χ4n) is 3.64. The van der Waals surface area contributed by atoms with E-state index in [1.165, 1.54) is 17.3 Å². The lowest BCUT2D eigenvalue weighted by Crippen LogP contribution is -2.37. The van der Waals surface area contributed by atoms with Gasteiger partial charge in [0.15, 0.2) is 11.0 Å². The molecule has 1 aliphatic heterocycles. The number of thioether (sulfide) groups is 1. The molecule has 8 heteroatoms. The smallest absolute Gasteiger partial charge is 0.237 e. The SMILES string of the molecule is COCCn1c(SCC(=O)N2c3ccccc3C[C@H]2C)nnc1-c1ccncc1. The molecule has 0 bridgehead atoms. The van der Waals surface area contributed by atoms with Gasteiger partial charge in [0.1, 0.15) is 0 Å². The Morgan fingerprint density at radius 1 is 1.21 bits per heavy atom. The number of amides is 1. The van der Waals surface area contributed by atoms with Gasteiger partial charge in [0.05, 0.1) is 18.9 Å². The summed E-state index contributed by atoms with van der Waals surface area (Å²) in [5.74, 6) is 1.14. The minimum atomic E-state index is 0.0826. The average Bonchev–Trinajstić information content (AvgIpc) is 3.30. The van der Waals surface area contributed by atoms with E-state index in [4.69, 9.17) is 4.74 Å². The van der Waals surface area contributed by atoms with Crippen LogP contribution in [0.4, 0.5) is 5.69 Å². The molecule has 1 aromatic carbocycles. The number of pyridine rings is 1. The van der Waals surface area contributed by atoms with Gasteiger partial charge in [-0.1, -0.05) is 30.0 Å². The summed E-state index contributed by atoms with van der Waals surface area (Å²) in [7, 11) is 1.67. The number of rotatable bonds is 7. The molecule has 0 radical (unpaired) electrons. The number of anilines is 1. The molecular weight excluding hydrogens is 386 g/mol. The number of carbonyl (C=O) groups excluding carboxylic acids is 1. The predicted molar refractivity (Wildman–Crippen MR) is 113 cm³/mol. The summed E-state index contributed by atoms with van der Waals surface area (Å²) in [6, 6.07) is 12.1. The third-order valence-electron chi connectivity index (χ3n) is 4.98. The first-order valence-corrected chi connectivity index (χ1v) is 10.5. The van der Waals surface area contributed by atoms with Crippen molar-refractivity contribution in [2.24, 2.45) is 0 Å². The molecule has 0 saturated heterocycles. The van der Waals surface area contributed by atoms with Gasteiger partial charge in [-0.2, -0.15) is 0 Å². The third kappa shape index (κ3) is 4.04. The number of ether oxygens (including phenoxy) is 1. The molecule has 3 aromatic rings. The minimum Gasteiger partial charge on any atom is -0.383 e. The molecule has 7 nitrogen and oxygen atoms in total. The standard InChI is InChI=1S/C21H23N5O2S/c1-15-13-17-5-3-4-6-18(17)26(15)19(27)14-29-21-24-23-20(25(21)11-12-28-2)16-7-9-22-10-8-16/h3-10,15H,11-14H2,1-2H3/t15-/m1/s1. The zero-order valence-electron chi connectivity index (χ0n) is 16.5. The Labute approximate surface area is 174 Å². The van der Waals surface area contributed by atoms with Crippen LogP contribution in [0.1, 0.15) is 12.5 Å². The molecule has 0 N–H and O–H groups in total. The summed E-state index contributed by atoms with van der Waals surface area (Å²) in [6.45, 7) is 3.24. The fraction of sp³-hybridized carbons (Fsp3) is 0.333. The second kappa shape index (κ2) is 8.75. The Morgan fingerprint density at radius 3 is 2.79 bits per heavy atom. The zero-order chi connectivity index (χ0) is 20.2. The van der Waals surface area contributed by atoms with Gasteiger partial charge >= 0.3 is 0 Å². The maximum atomic E-state index is 13.0. The Hall–Kier alpha value is -2.71. The van der Waals surface area contributed by atoms with E-state index >= 15 is 0 Å². The van der Waals surface area contributed by atoms with Gasteiger partial charge in [-0.15, -0.1) is 10.2 Å². The van der Waals surface area contributed by atoms with Crippen molar-refractivity contribution in [3.05, 3.63) is 54.4 Å². The Morgan fingerprint density at radius 2 is 2.00 bits per heavy atom. The molecule has 0 fully saturated rings. The van der Waals surface area contributed by atoms with Gasteiger partial charge in [0.2, 0.25) is 5.91 Å². The van der Waals surface area contributed by atoms with Crippen LogP contribution in [0.5, 0.6) is 0 Å². The fourth-order valence-corrected chi connectivity index (χ4v) is 4.46. The van der Waals surface area contributed by atoms with Crippen molar-refractivity contribution < 1.29 is 9.53 Å². The van der Waals surface area contributed by atoms with E-state index in [1.54, 1.807) is 19.5 Å². The first-order chi connectivity index (χ1) is 14.2. The van der Waals surface area contributed by atoms with E-state index in [0.717, 1.165) is 23.5 Å². The highest BCUT2D eigenvalue weighted by molar-refractivity contribution is 7.99. The van der Waals surface area contributed by atoms with Crippen LogP contribution in [0.3, 0.4) is 0 Å². The van der Waals surface area contributed by atoms with E-state index in [2.05, 4.69) is 28.2 Å². The van der Waals surface area contributed by atoms with Crippen molar-refractivity contribution in [2.75, 3.05) is 24.4 Å². The van der Waals surface area contributed by atoms with Crippen LogP contribution < -0.4 is 4.90 Å². The summed E-state index contributed by atoms with van der Waals surface area (Å²) in [6.07, 6.45) is 4.35. The number of hydrogen-bond donors (Lipinski definition) is 0. The Bertz CT molecular complexity index is 992. The van der Waals surface area contributed by atoms with Crippen LogP contribution >= 0.6 is 11.8 Å². The monoisotopic (exact) mass is 409 g/mol. The van der Waals surface area contributed by atoms with Gasteiger partial charge < -0.3 is 9.64 Å². The topological polar surface area (TPSA) is 73.1 Å². The van der Waals surface area contributed by atoms with E-state index in [0.29, 0.717) is 24.1 Å². The van der Waals surface area contributed by atoms with Crippen molar-refractivity contribution in [2.45, 2.75) is 31.1 Å². The molecule has 1 aliphatic rings. The van der Waals surface area contributed by atoms with Crippen molar-refractivity contribution in [1.82, 2.24) is 19.7 Å². The number of aromatic nitrogens is 4. The highest BCUT2D eigenvalue weighted by atomic mass is 32.2. The molecule has 4 rings (SSSR count). The molecule has 150 valence electrons. The van der Waals surface area contributed by atoms with Crippen LogP contribution in [0, 0.1) is 0 Å². The second-order valence-electron chi connectivity index (χ2n) is 6.92. The number of methoxy groups -OCH3 is 1. The van der Waals surface area contributed by atoms with Crippen molar-refractivity contribution in [3.63, 3.8) is 0 Å². The molecule has 1 atom stereocenters. The highest BCUT2D eigenvalue weighted by Gasteiger charge is 2.30. The lowest BCUT2D eigenvalue weighted by Gasteiger charge is -2.22. The summed E-state index contributed by atoms with van der Waals surface area (Å²) < 4.78 is 7.25. The number of benzene rings is 1. The van der Waals surface area contributed by atoms with Gasteiger partial charge in [-0.05, 0) is 37.1 Å². The van der Waals surface area contributed by atoms with Crippen molar-refractivity contribution in [1.29, 1.82) is 0 Å². The molecular formula is C21H23N5O2S. The number of nitrogens with zero attached hydrogens (tertiary/aromatic N) is 5. The quantitative estimate of drug-likeness (QED) is 0.559. The molecule has 3 heterocycles. The predicted octanol–water partition coefficient (Wildman–Crippen LogP) is 3.06. The Kier molecular flexibility index (Phi) is 5.92. The lowest BCUT2D eigenvalue weighted by molar-refractivity contribution is -0.116. The number of carbonyl (C=O) groups is 1. The normalized spacial score (nSPS) is 15.5. The van der Waals surface area contributed by atoms with Gasteiger partial charge in [-0.25, -0.2) is 0 Å². The molecule has 0 unspecified atom stereocenters. The highest BCUT2D eigenvalue weighted by Crippen LogP contribution is 2.33. The van der Waals surface area contributed by atoms with E-state index in [9.17, 15) is 4.79 Å². The van der Waals surface area contributed by atoms with Crippen LogP contribution in [0.2, 0.25) is 0 Å². The van der Waals surface area contributed by atoms with E-state index in [-0.39, 0.29) is 11.9 Å². The first kappa shape index (κ1) is 19.6. The van der Waals surface area contributed by atoms with Crippen molar-refractivity contribution in [3.8, 4) is 11.4 Å². The summed E-state index contributed by atoms with van der Waals surface area (Å²) in [4.78, 5) is 19.0. The first-order valence-electron chi connectivity index (χ1n) is 9.54. The maximum absolute atomic E-state index is 13.0. The third-order valence-corrected chi connectivity index (χ3v) is 5.93. The summed E-state index contributed by atoms with van der Waals surface area (Å²) >= 11 is 1.41. The van der Waals surface area contributed by atoms with Crippen molar-refractivity contribution >= 4 is 23.4 Å². The van der Waals surface area contributed by atoms with E-state index < -0.39 is 0 Å². The van der Waals surface area contributed by atoms with Gasteiger partial charge in [-0.3, -0.25) is 14.3 Å². The molecule has 0 aliphatic carbocycles. The van der Waals surface area contributed by atoms with Gasteiger partial charge in [0, 0.05) is 36.8 Å². The summed E-state index contributed by atoms with van der Waals surface area (Å²) in [5, 5.41) is 9.40. The van der Waals surface area contributed by atoms with Crippen LogP contribution in [-0.4, -0.2) is 51.2 Å². The maximum Gasteiger partial charge on any atom is 0.237 e. The number of fused-ring (bicyclic) bond motifs is 1. The van der Waals surface area contributed by atoms with Gasteiger partial charge in [0.25, 0.3) is 0 Å². The summed E-state index contributed by atoms with van der Waals surface area (Å²) in [5.41, 5.74) is 3.18. The van der Waals surface area contributed by atoms with Crippen LogP contribution in [0.15, 0.2) is 53.9 Å². The van der Waals surface area contributed by atoms with Crippen LogP contribution in [-0.2, 0) is 22.5 Å². The average molecular weight is 410 g/mol. The molecule has 0 saturated carbocycles. The minimum absolute atomic E-state index is 0.0826. The lowest BCUT2D eigenvalue weighted by atomic mass is 10.1. The number of para-hydroxylation sites is 1. The largest absolute Gasteiger partial charge is 0.383 e. The zero-order valence-corrected chi connectivity index (χ0v) is 17.3.